The molecule has 0 aromatic heterocycles. The number of aliphatic hydroxyl groups is 3. The van der Waals surface area contributed by atoms with Crippen molar-refractivity contribution in [2.45, 2.75) is 103 Å². The van der Waals surface area contributed by atoms with Gasteiger partial charge < -0.3 is 45.6 Å². The number of nitrogens with zero attached hydrogens (tertiary/aromatic N) is 1. The molecule has 5 atom stereocenters. The van der Waals surface area contributed by atoms with Crippen LogP contribution in [0.3, 0.4) is 0 Å². The second-order valence-corrected chi connectivity index (χ2v) is 14.2. The molecule has 4 amide bonds. The van der Waals surface area contributed by atoms with Crippen LogP contribution in [0.4, 0.5) is 5.69 Å². The number of aliphatic hydroxyl groups excluding tert-OH is 3. The molecule has 0 spiro atoms. The predicted molar refractivity (Wildman–Crippen MR) is 217 cm³/mol. The molecule has 0 radical (unpaired) electrons. The van der Waals surface area contributed by atoms with Gasteiger partial charge in [0.1, 0.15) is 61.5 Å². The minimum Gasteiger partial charge on any atom is -0.464 e. The Morgan fingerprint density at radius 3 is 2.09 bits per heavy atom. The van der Waals surface area contributed by atoms with Gasteiger partial charge >= 0.3 is 0 Å². The fraction of sp³-hybridized carbons (Fsp3) is 0.556. The van der Waals surface area contributed by atoms with E-state index in [1.165, 1.54) is 6.92 Å². The normalized spacial score (nSPS) is 19.6. The number of ether oxygens (including phenoxy) is 2. The van der Waals surface area contributed by atoms with Gasteiger partial charge in [-0.3, -0.25) is 19.2 Å². The fourth-order valence-corrected chi connectivity index (χ4v) is 6.63. The summed E-state index contributed by atoms with van der Waals surface area (Å²) in [5, 5.41) is 39.4. The van der Waals surface area contributed by atoms with E-state index in [-0.39, 0.29) is 30.7 Å². The van der Waals surface area contributed by atoms with Gasteiger partial charge in [-0.05, 0) is 51.7 Å². The van der Waals surface area contributed by atoms with Crippen LogP contribution in [-0.4, -0.2) is 132 Å². The van der Waals surface area contributed by atoms with E-state index < -0.39 is 43.2 Å². The van der Waals surface area contributed by atoms with Gasteiger partial charge in [-0.25, -0.2) is 0 Å². The molecule has 1 heterocycles. The van der Waals surface area contributed by atoms with Gasteiger partial charge in [0.15, 0.2) is 0 Å². The summed E-state index contributed by atoms with van der Waals surface area (Å²) in [5.74, 6) is -0.346. The van der Waals surface area contributed by atoms with Gasteiger partial charge in [0.2, 0.25) is 24.0 Å². The molecule has 6 N–H and O–H groups in total. The standard InChI is InChI=1S/C36H56B4N4O9/c1-5-6-10-25(48)44(13-9-7-8-12-41-35(51)22-16-19(2)15-20(3)17-22)14-11-24(47)43-30-26(37)28(39)34(29(40)27(30)38)53-36-31(42-21(4)46)33(50)32(49)23(18-45)52-36/h15-17,23,31-33,36,45,49-50H,5-14,18,37-40H2,1-4H3,(H,41,51)(H,42,46)(H,43,47). The molecular formula is C36H56B4N4O9. The molecule has 1 aliphatic rings. The Hall–Kier alpha value is -3.78. The maximum atomic E-state index is 13.3. The van der Waals surface area contributed by atoms with Gasteiger partial charge in [-0.1, -0.05) is 52.4 Å². The van der Waals surface area contributed by atoms with Crippen molar-refractivity contribution in [3.63, 3.8) is 0 Å². The summed E-state index contributed by atoms with van der Waals surface area (Å²) in [5.41, 5.74) is 6.22. The lowest BCUT2D eigenvalue weighted by Crippen LogP contribution is -2.65. The van der Waals surface area contributed by atoms with E-state index in [4.69, 9.17) is 9.47 Å². The number of aryl methyl sites for hydroxylation is 2. The van der Waals surface area contributed by atoms with Gasteiger partial charge in [-0.2, -0.15) is 0 Å². The van der Waals surface area contributed by atoms with Crippen molar-refractivity contribution in [2.24, 2.45) is 0 Å². The smallest absolute Gasteiger partial charge is 0.251 e. The highest BCUT2D eigenvalue weighted by Crippen LogP contribution is 2.23. The van der Waals surface area contributed by atoms with Crippen LogP contribution in [0.15, 0.2) is 18.2 Å². The highest BCUT2D eigenvalue weighted by atomic mass is 16.7. The van der Waals surface area contributed by atoms with Crippen molar-refractivity contribution in [1.29, 1.82) is 0 Å². The van der Waals surface area contributed by atoms with Crippen LogP contribution in [-0.2, 0) is 19.1 Å². The second-order valence-electron chi connectivity index (χ2n) is 14.2. The van der Waals surface area contributed by atoms with Gasteiger partial charge in [0.05, 0.1) is 6.61 Å². The molecule has 0 saturated carbocycles. The maximum absolute atomic E-state index is 13.3. The maximum Gasteiger partial charge on any atom is 0.251 e. The Bertz CT molecular complexity index is 1570. The highest BCUT2D eigenvalue weighted by molar-refractivity contribution is 6.61. The minimum absolute atomic E-state index is 0.0203. The van der Waals surface area contributed by atoms with E-state index in [0.29, 0.717) is 47.4 Å². The van der Waals surface area contributed by atoms with Gasteiger partial charge in [-0.15, -0.1) is 0 Å². The third-order valence-corrected chi connectivity index (χ3v) is 9.89. The number of hydrogen-bond acceptors (Lipinski definition) is 9. The molecule has 5 unspecified atom stereocenters. The SMILES string of the molecule is Bc1c(B)c(OC2OC(CO)C(O)C(O)C2NC(C)=O)c(B)c(B)c1NC(=O)CCN(CCCCCNC(=O)c1cc(C)cc(C)c1)C(=O)CCCC. The molecular weight excluding hydrogens is 676 g/mol. The number of carbonyl (C=O) groups is 4. The first-order chi connectivity index (χ1) is 25.1. The molecule has 1 aliphatic heterocycles. The van der Waals surface area contributed by atoms with Crippen molar-refractivity contribution in [3.05, 3.63) is 34.9 Å². The van der Waals surface area contributed by atoms with Crippen LogP contribution in [0.25, 0.3) is 0 Å². The van der Waals surface area contributed by atoms with E-state index in [1.807, 2.05) is 70.4 Å². The van der Waals surface area contributed by atoms with Crippen molar-refractivity contribution >= 4 is 82.6 Å². The third-order valence-electron chi connectivity index (χ3n) is 9.89. The molecule has 3 rings (SSSR count). The van der Waals surface area contributed by atoms with Crippen LogP contribution in [0, 0.1) is 13.8 Å². The zero-order valence-electron chi connectivity index (χ0n) is 32.6. The molecule has 2 aromatic rings. The Labute approximate surface area is 317 Å². The number of anilines is 1. The monoisotopic (exact) mass is 732 g/mol. The Balaban J connectivity index is 1.62. The molecule has 53 heavy (non-hydrogen) atoms. The molecule has 1 saturated heterocycles. The number of rotatable bonds is 18. The topological polar surface area (TPSA) is 187 Å². The number of unbranched alkanes of at least 4 members (excludes halogenated alkanes) is 3. The minimum atomic E-state index is -1.45. The lowest BCUT2D eigenvalue weighted by molar-refractivity contribution is -0.244. The fourth-order valence-electron chi connectivity index (χ4n) is 6.63. The molecule has 0 bridgehead atoms. The number of nitrogens with one attached hydrogen (secondary N) is 3. The Morgan fingerprint density at radius 2 is 1.51 bits per heavy atom. The highest BCUT2D eigenvalue weighted by Gasteiger charge is 2.46. The lowest BCUT2D eigenvalue weighted by Gasteiger charge is -2.42. The summed E-state index contributed by atoms with van der Waals surface area (Å²) in [6.45, 7) is 8.01. The predicted octanol–water partition coefficient (Wildman–Crippen LogP) is -4.39. The summed E-state index contributed by atoms with van der Waals surface area (Å²) in [6.07, 6.45) is -0.703. The Morgan fingerprint density at radius 1 is 0.868 bits per heavy atom. The molecule has 13 nitrogen and oxygen atoms in total. The molecule has 1 fully saturated rings. The van der Waals surface area contributed by atoms with E-state index in [9.17, 15) is 34.5 Å². The van der Waals surface area contributed by atoms with Crippen LogP contribution in [0.1, 0.15) is 80.3 Å². The number of hydrogen-bond donors (Lipinski definition) is 6. The Kier molecular flexibility index (Phi) is 17.0. The second kappa shape index (κ2) is 20.6. The van der Waals surface area contributed by atoms with E-state index in [0.717, 1.165) is 54.2 Å². The van der Waals surface area contributed by atoms with Crippen LogP contribution in [0.2, 0.25) is 0 Å². The van der Waals surface area contributed by atoms with E-state index in [2.05, 4.69) is 16.0 Å². The summed E-state index contributed by atoms with van der Waals surface area (Å²) in [6, 6.07) is 4.67. The summed E-state index contributed by atoms with van der Waals surface area (Å²) in [4.78, 5) is 52.7. The average molecular weight is 732 g/mol. The largest absolute Gasteiger partial charge is 0.464 e. The van der Waals surface area contributed by atoms with Crippen LogP contribution < -0.4 is 42.5 Å². The lowest BCUT2D eigenvalue weighted by atomic mass is 9.68. The average Bonchev–Trinajstić information content (AvgIpc) is 3.11. The summed E-state index contributed by atoms with van der Waals surface area (Å²) in [7, 11) is 7.33. The molecule has 0 aliphatic carbocycles. The number of carbonyl (C=O) groups excluding carboxylic acids is 4. The zero-order valence-corrected chi connectivity index (χ0v) is 32.6. The first-order valence-corrected chi connectivity index (χ1v) is 18.7. The number of benzene rings is 2. The summed E-state index contributed by atoms with van der Waals surface area (Å²) >= 11 is 0. The van der Waals surface area contributed by atoms with Crippen molar-refractivity contribution in [1.82, 2.24) is 15.5 Å². The van der Waals surface area contributed by atoms with Gasteiger partial charge in [0.25, 0.3) is 5.91 Å². The van der Waals surface area contributed by atoms with Crippen LogP contribution in [0.5, 0.6) is 5.75 Å². The number of amides is 4. The first-order valence-electron chi connectivity index (χ1n) is 18.7. The summed E-state index contributed by atoms with van der Waals surface area (Å²) < 4.78 is 12.0. The van der Waals surface area contributed by atoms with Crippen LogP contribution >= 0.6 is 0 Å². The van der Waals surface area contributed by atoms with Crippen molar-refractivity contribution in [2.75, 3.05) is 31.6 Å². The van der Waals surface area contributed by atoms with Crippen molar-refractivity contribution in [3.8, 4) is 5.75 Å². The molecule has 2 aromatic carbocycles. The van der Waals surface area contributed by atoms with E-state index in [1.54, 1.807) is 4.90 Å². The third kappa shape index (κ3) is 12.1. The zero-order chi connectivity index (χ0) is 39.4. The van der Waals surface area contributed by atoms with Crippen molar-refractivity contribution < 1.29 is 44.0 Å². The molecule has 286 valence electrons. The quantitative estimate of drug-likeness (QED) is 0.0651. The van der Waals surface area contributed by atoms with Gasteiger partial charge in [0, 0.05) is 50.7 Å². The first kappa shape index (κ1) is 43.6. The molecule has 17 heteroatoms. The van der Waals surface area contributed by atoms with E-state index >= 15 is 0 Å².